The Kier molecular flexibility index (Phi) is 5.74. The van der Waals surface area contributed by atoms with Gasteiger partial charge in [0, 0.05) is 56.2 Å². The molecule has 29 heavy (non-hydrogen) atoms. The Hall–Kier alpha value is -2.18. The van der Waals surface area contributed by atoms with E-state index in [-0.39, 0.29) is 30.3 Å². The van der Waals surface area contributed by atoms with Crippen LogP contribution in [0.2, 0.25) is 0 Å². The number of piperidine rings is 1. The Bertz CT molecular complexity index is 883. The monoisotopic (exact) mass is 412 g/mol. The van der Waals surface area contributed by atoms with Crippen LogP contribution in [0.5, 0.6) is 0 Å². The van der Waals surface area contributed by atoms with Crippen molar-refractivity contribution in [1.29, 1.82) is 0 Å². The smallest absolute Gasteiger partial charge is 0.223 e. The molecule has 1 aromatic heterocycles. The van der Waals surface area contributed by atoms with Gasteiger partial charge in [0.25, 0.3) is 0 Å². The van der Waals surface area contributed by atoms with E-state index in [9.17, 15) is 9.59 Å². The summed E-state index contributed by atoms with van der Waals surface area (Å²) in [5, 5.41) is 0. The maximum absolute atomic E-state index is 12.5. The highest BCUT2D eigenvalue weighted by Crippen LogP contribution is 2.46. The van der Waals surface area contributed by atoms with E-state index in [1.54, 1.807) is 14.1 Å². The van der Waals surface area contributed by atoms with E-state index in [1.165, 1.54) is 25.8 Å². The van der Waals surface area contributed by atoms with Crippen LogP contribution in [0.1, 0.15) is 36.1 Å². The molecule has 2 amide bonds. The molecule has 1 spiro atoms. The minimum absolute atomic E-state index is 0.00111. The average molecular weight is 413 g/mol. The first-order chi connectivity index (χ1) is 14.0. The Labute approximate surface area is 176 Å². The molecule has 2 aromatic rings. The van der Waals surface area contributed by atoms with Crippen LogP contribution in [0, 0.1) is 0 Å². The first-order valence-electron chi connectivity index (χ1n) is 10.3. The van der Waals surface area contributed by atoms with Gasteiger partial charge < -0.3 is 14.5 Å². The second-order valence-corrected chi connectivity index (χ2v) is 9.21. The molecule has 1 fully saturated rings. The summed E-state index contributed by atoms with van der Waals surface area (Å²) < 4.78 is 6.35. The predicted molar refractivity (Wildman–Crippen MR) is 115 cm³/mol. The van der Waals surface area contributed by atoms with Crippen LogP contribution in [0.4, 0.5) is 0 Å². The SMILES string of the molecule is CN(C)C(=O)CCC(=O)N1CCC2(CC1)OCCc1sc(-c3ccccc3)cc12. The third kappa shape index (κ3) is 4.09. The molecule has 0 bridgehead atoms. The fourth-order valence-corrected chi connectivity index (χ4v) is 5.52. The lowest BCUT2D eigenvalue weighted by molar-refractivity contribution is -0.142. The van der Waals surface area contributed by atoms with Crippen molar-refractivity contribution in [2.45, 2.75) is 37.7 Å². The van der Waals surface area contributed by atoms with E-state index in [0.29, 0.717) is 13.1 Å². The van der Waals surface area contributed by atoms with Crippen LogP contribution >= 0.6 is 11.3 Å². The number of hydrogen-bond acceptors (Lipinski definition) is 4. The molecule has 0 aliphatic carbocycles. The van der Waals surface area contributed by atoms with Crippen LogP contribution in [-0.4, -0.2) is 55.4 Å². The van der Waals surface area contributed by atoms with Crippen molar-refractivity contribution in [2.24, 2.45) is 0 Å². The zero-order chi connectivity index (χ0) is 20.4. The van der Waals surface area contributed by atoms with Crippen molar-refractivity contribution in [2.75, 3.05) is 33.8 Å². The lowest BCUT2D eigenvalue weighted by atomic mass is 9.82. The summed E-state index contributed by atoms with van der Waals surface area (Å²) in [6.45, 7) is 2.11. The molecule has 1 saturated heterocycles. The molecular weight excluding hydrogens is 384 g/mol. The minimum atomic E-state index is -0.270. The van der Waals surface area contributed by atoms with Crippen LogP contribution in [0.15, 0.2) is 36.4 Å². The number of benzene rings is 1. The van der Waals surface area contributed by atoms with Crippen molar-refractivity contribution >= 4 is 23.2 Å². The first-order valence-corrected chi connectivity index (χ1v) is 11.1. The molecule has 2 aliphatic rings. The number of likely N-dealkylation sites (tertiary alicyclic amines) is 1. The highest BCUT2D eigenvalue weighted by molar-refractivity contribution is 7.15. The van der Waals surface area contributed by atoms with Crippen LogP contribution in [0.3, 0.4) is 0 Å². The number of rotatable bonds is 4. The second-order valence-electron chi connectivity index (χ2n) is 8.08. The third-order valence-electron chi connectivity index (χ3n) is 6.04. The number of carbonyl (C=O) groups is 2. The Balaban J connectivity index is 1.45. The molecule has 0 atom stereocenters. The van der Waals surface area contributed by atoms with Crippen molar-refractivity contribution < 1.29 is 14.3 Å². The highest BCUT2D eigenvalue weighted by Gasteiger charge is 2.42. The number of fused-ring (bicyclic) bond motifs is 2. The van der Waals surface area contributed by atoms with Gasteiger partial charge in [-0.15, -0.1) is 11.3 Å². The van der Waals surface area contributed by atoms with Crippen molar-refractivity contribution in [3.8, 4) is 10.4 Å². The van der Waals surface area contributed by atoms with Gasteiger partial charge in [-0.25, -0.2) is 0 Å². The molecule has 2 aliphatic heterocycles. The summed E-state index contributed by atoms with van der Waals surface area (Å²) in [4.78, 5) is 30.5. The molecule has 0 saturated carbocycles. The summed E-state index contributed by atoms with van der Waals surface area (Å²) in [7, 11) is 3.44. The highest BCUT2D eigenvalue weighted by atomic mass is 32.1. The maximum atomic E-state index is 12.5. The number of nitrogens with zero attached hydrogens (tertiary/aromatic N) is 2. The van der Waals surface area contributed by atoms with Crippen LogP contribution in [0.25, 0.3) is 10.4 Å². The van der Waals surface area contributed by atoms with Crippen molar-refractivity contribution in [3.05, 3.63) is 46.8 Å². The van der Waals surface area contributed by atoms with Gasteiger partial charge in [0.15, 0.2) is 0 Å². The number of hydrogen-bond donors (Lipinski definition) is 0. The first kappa shape index (κ1) is 20.1. The number of amides is 2. The number of thiophene rings is 1. The molecule has 0 radical (unpaired) electrons. The molecule has 5 nitrogen and oxygen atoms in total. The lowest BCUT2D eigenvalue weighted by Crippen LogP contribution is -2.48. The number of carbonyl (C=O) groups excluding carboxylic acids is 2. The third-order valence-corrected chi connectivity index (χ3v) is 7.28. The van der Waals surface area contributed by atoms with Gasteiger partial charge in [0.05, 0.1) is 12.2 Å². The molecule has 0 N–H and O–H groups in total. The standard InChI is InChI=1S/C23H28N2O3S/c1-24(2)21(26)8-9-22(27)25-13-11-23(12-14-25)18-16-20(17-6-4-3-5-7-17)29-19(18)10-15-28-23/h3-7,16H,8-15H2,1-2H3. The van der Waals surface area contributed by atoms with Crippen molar-refractivity contribution in [1.82, 2.24) is 9.80 Å². The van der Waals surface area contributed by atoms with Gasteiger partial charge in [0.1, 0.15) is 0 Å². The molecule has 4 rings (SSSR count). The van der Waals surface area contributed by atoms with E-state index >= 15 is 0 Å². The molecular formula is C23H28N2O3S. The van der Waals surface area contributed by atoms with Gasteiger partial charge in [0.2, 0.25) is 11.8 Å². The summed E-state index contributed by atoms with van der Waals surface area (Å²) in [5.41, 5.74) is 2.30. The van der Waals surface area contributed by atoms with E-state index in [4.69, 9.17) is 4.74 Å². The molecule has 6 heteroatoms. The van der Waals surface area contributed by atoms with Crippen molar-refractivity contribution in [3.63, 3.8) is 0 Å². The number of ether oxygens (including phenoxy) is 1. The van der Waals surface area contributed by atoms with E-state index in [1.807, 2.05) is 22.3 Å². The summed E-state index contributed by atoms with van der Waals surface area (Å²) >= 11 is 1.87. The lowest BCUT2D eigenvalue weighted by Gasteiger charge is -2.44. The summed E-state index contributed by atoms with van der Waals surface area (Å²) in [6.07, 6.45) is 3.16. The van der Waals surface area contributed by atoms with Crippen LogP contribution in [-0.2, 0) is 26.3 Å². The quantitative estimate of drug-likeness (QED) is 0.770. The normalized spacial score (nSPS) is 17.8. The fourth-order valence-electron chi connectivity index (χ4n) is 4.29. The predicted octanol–water partition coefficient (Wildman–Crippen LogP) is 3.67. The molecule has 3 heterocycles. The van der Waals surface area contributed by atoms with E-state index in [2.05, 4.69) is 30.3 Å². The van der Waals surface area contributed by atoms with E-state index < -0.39 is 0 Å². The summed E-state index contributed by atoms with van der Waals surface area (Å²) in [6, 6.07) is 12.8. The van der Waals surface area contributed by atoms with Gasteiger partial charge in [-0.1, -0.05) is 30.3 Å². The zero-order valence-corrected chi connectivity index (χ0v) is 18.0. The fraction of sp³-hybridized carbons (Fsp3) is 0.478. The van der Waals surface area contributed by atoms with Gasteiger partial charge >= 0.3 is 0 Å². The topological polar surface area (TPSA) is 49.9 Å². The average Bonchev–Trinajstić information content (AvgIpc) is 3.19. The minimum Gasteiger partial charge on any atom is -0.370 e. The Morgan fingerprint density at radius 2 is 1.86 bits per heavy atom. The molecule has 154 valence electrons. The Morgan fingerprint density at radius 1 is 1.14 bits per heavy atom. The molecule has 0 unspecified atom stereocenters. The maximum Gasteiger partial charge on any atom is 0.223 e. The zero-order valence-electron chi connectivity index (χ0n) is 17.1. The van der Waals surface area contributed by atoms with Crippen LogP contribution < -0.4 is 0 Å². The largest absolute Gasteiger partial charge is 0.370 e. The van der Waals surface area contributed by atoms with Gasteiger partial charge in [-0.3, -0.25) is 9.59 Å². The van der Waals surface area contributed by atoms with Gasteiger partial charge in [-0.2, -0.15) is 0 Å². The van der Waals surface area contributed by atoms with E-state index in [0.717, 1.165) is 25.9 Å². The Morgan fingerprint density at radius 3 is 2.55 bits per heavy atom. The molecule has 1 aromatic carbocycles. The second kappa shape index (κ2) is 8.28. The summed E-state index contributed by atoms with van der Waals surface area (Å²) in [5.74, 6) is 0.0696. The van der Waals surface area contributed by atoms with Gasteiger partial charge in [-0.05, 0) is 30.0 Å².